The fourth-order valence-corrected chi connectivity index (χ4v) is 3.21. The van der Waals surface area contributed by atoms with E-state index in [1.165, 1.54) is 25.6 Å². The third kappa shape index (κ3) is 4.91. The number of benzene rings is 1. The molecule has 0 aliphatic heterocycles. The molecular formula is C15H15Cl2N3O3S. The van der Waals surface area contributed by atoms with E-state index in [1.807, 2.05) is 0 Å². The molecule has 0 radical (unpaired) electrons. The number of aromatic nitrogens is 1. The van der Waals surface area contributed by atoms with Crippen LogP contribution in [0.25, 0.3) is 0 Å². The fourth-order valence-electron chi connectivity index (χ4n) is 1.92. The van der Waals surface area contributed by atoms with Crippen LogP contribution in [0.15, 0.2) is 52.8 Å². The van der Waals surface area contributed by atoms with E-state index in [0.717, 1.165) is 0 Å². The average Bonchev–Trinajstić information content (AvgIpc) is 2.57. The van der Waals surface area contributed by atoms with Gasteiger partial charge in [-0.05, 0) is 24.3 Å². The van der Waals surface area contributed by atoms with E-state index in [-0.39, 0.29) is 11.4 Å². The van der Waals surface area contributed by atoms with Crippen molar-refractivity contribution in [3.05, 3.63) is 58.3 Å². The van der Waals surface area contributed by atoms with Crippen molar-refractivity contribution in [2.45, 2.75) is 11.3 Å². The number of sulfonamides is 1. The molecular weight excluding hydrogens is 373 g/mol. The molecule has 128 valence electrons. The molecule has 0 saturated carbocycles. The molecule has 1 aromatic heterocycles. The molecule has 6 nitrogen and oxygen atoms in total. The number of hydrogen-bond acceptors (Lipinski definition) is 5. The lowest BCUT2D eigenvalue weighted by Crippen LogP contribution is -2.26. The van der Waals surface area contributed by atoms with Crippen LogP contribution < -0.4 is 4.72 Å². The summed E-state index contributed by atoms with van der Waals surface area (Å²) in [4.78, 5) is 8.72. The summed E-state index contributed by atoms with van der Waals surface area (Å²) in [5.74, 6) is 0. The largest absolute Gasteiger partial charge is 0.399 e. The highest BCUT2D eigenvalue weighted by atomic mass is 35.5. The number of nitrogens with zero attached hydrogens (tertiary/aromatic N) is 2. The first-order chi connectivity index (χ1) is 11.4. The van der Waals surface area contributed by atoms with Gasteiger partial charge in [-0.1, -0.05) is 34.4 Å². The average molecular weight is 388 g/mol. The minimum absolute atomic E-state index is 0.102. The molecule has 0 atom stereocenters. The summed E-state index contributed by atoms with van der Waals surface area (Å²) in [7, 11) is -2.21. The zero-order valence-corrected chi connectivity index (χ0v) is 15.1. The number of nitrogens with one attached hydrogen (secondary N) is 1. The van der Waals surface area contributed by atoms with Crippen molar-refractivity contribution in [3.8, 4) is 0 Å². The van der Waals surface area contributed by atoms with Crippen molar-refractivity contribution in [1.29, 1.82) is 0 Å². The lowest BCUT2D eigenvalue weighted by atomic mass is 10.1. The fraction of sp³-hybridized carbons (Fsp3) is 0.200. The van der Waals surface area contributed by atoms with Gasteiger partial charge in [-0.15, -0.1) is 0 Å². The predicted molar refractivity (Wildman–Crippen MR) is 94.1 cm³/mol. The Morgan fingerprint density at radius 3 is 2.71 bits per heavy atom. The molecule has 9 heteroatoms. The second kappa shape index (κ2) is 8.43. The zero-order chi connectivity index (χ0) is 17.6. The van der Waals surface area contributed by atoms with Crippen LogP contribution in [0.4, 0.5) is 0 Å². The first-order valence-electron chi connectivity index (χ1n) is 6.89. The van der Waals surface area contributed by atoms with Gasteiger partial charge in [0.05, 0.1) is 15.8 Å². The lowest BCUT2D eigenvalue weighted by Gasteiger charge is -2.09. The summed E-state index contributed by atoms with van der Waals surface area (Å²) in [5.41, 5.74) is 1.25. The summed E-state index contributed by atoms with van der Waals surface area (Å²) in [6.45, 7) is 0.139. The van der Waals surface area contributed by atoms with E-state index >= 15 is 0 Å². The van der Waals surface area contributed by atoms with Gasteiger partial charge in [-0.3, -0.25) is 4.98 Å². The monoisotopic (exact) mass is 387 g/mol. The molecule has 0 aliphatic rings. The molecule has 0 aliphatic carbocycles. The highest BCUT2D eigenvalue weighted by Crippen LogP contribution is 2.23. The van der Waals surface area contributed by atoms with Crippen LogP contribution in [-0.2, 0) is 14.9 Å². The van der Waals surface area contributed by atoms with E-state index in [0.29, 0.717) is 27.7 Å². The van der Waals surface area contributed by atoms with Crippen molar-refractivity contribution in [3.63, 3.8) is 0 Å². The summed E-state index contributed by atoms with van der Waals surface area (Å²) >= 11 is 11.9. The van der Waals surface area contributed by atoms with E-state index in [1.54, 1.807) is 24.3 Å². The summed E-state index contributed by atoms with van der Waals surface area (Å²) in [6.07, 6.45) is 3.10. The summed E-state index contributed by atoms with van der Waals surface area (Å²) < 4.78 is 26.8. The van der Waals surface area contributed by atoms with Gasteiger partial charge in [0.15, 0.2) is 0 Å². The normalized spacial score (nSPS) is 12.2. The first-order valence-corrected chi connectivity index (χ1v) is 9.13. The van der Waals surface area contributed by atoms with Crippen LogP contribution >= 0.6 is 23.2 Å². The van der Waals surface area contributed by atoms with Gasteiger partial charge in [0.25, 0.3) is 0 Å². The number of oxime groups is 1. The standard InChI is InChI=1S/C15H15Cl2N3O3S/c1-23-20-15(11-4-5-13(16)14(17)9-11)6-8-19-24(21,22)12-3-2-7-18-10-12/h2-5,7,9-10,19H,6,8H2,1H3/b20-15+. The Hall–Kier alpha value is -1.67. The number of halogens is 2. The Labute approximate surface area is 150 Å². The lowest BCUT2D eigenvalue weighted by molar-refractivity contribution is 0.213. The van der Waals surface area contributed by atoms with Gasteiger partial charge >= 0.3 is 0 Å². The van der Waals surface area contributed by atoms with Crippen molar-refractivity contribution in [1.82, 2.24) is 9.71 Å². The minimum Gasteiger partial charge on any atom is -0.399 e. The predicted octanol–water partition coefficient (Wildman–Crippen LogP) is 3.11. The topological polar surface area (TPSA) is 80.6 Å². The quantitative estimate of drug-likeness (QED) is 0.584. The summed E-state index contributed by atoms with van der Waals surface area (Å²) in [5, 5.41) is 4.73. The van der Waals surface area contributed by atoms with Crippen LogP contribution in [0.1, 0.15) is 12.0 Å². The second-order valence-electron chi connectivity index (χ2n) is 4.69. The summed E-state index contributed by atoms with van der Waals surface area (Å²) in [6, 6.07) is 8.06. The minimum atomic E-state index is -3.62. The first kappa shape index (κ1) is 18.7. The van der Waals surface area contributed by atoms with Crippen molar-refractivity contribution in [2.75, 3.05) is 13.7 Å². The van der Waals surface area contributed by atoms with Crippen LogP contribution in [0.2, 0.25) is 10.0 Å². The van der Waals surface area contributed by atoms with Crippen molar-refractivity contribution >= 4 is 38.9 Å². The number of rotatable bonds is 7. The molecule has 1 N–H and O–H groups in total. The maximum absolute atomic E-state index is 12.1. The Morgan fingerprint density at radius 1 is 1.29 bits per heavy atom. The van der Waals surface area contributed by atoms with E-state index in [4.69, 9.17) is 28.0 Å². The SMILES string of the molecule is CO/N=C(\CCNS(=O)(=O)c1cccnc1)c1ccc(Cl)c(Cl)c1. The Balaban J connectivity index is 2.07. The molecule has 2 rings (SSSR count). The van der Waals surface area contributed by atoms with Gasteiger partial charge in [0, 0.05) is 30.9 Å². The zero-order valence-electron chi connectivity index (χ0n) is 12.7. The Bertz CT molecular complexity index is 827. The van der Waals surface area contributed by atoms with Crippen LogP contribution in [0, 0.1) is 0 Å². The smallest absolute Gasteiger partial charge is 0.242 e. The molecule has 0 spiro atoms. The Morgan fingerprint density at radius 2 is 2.08 bits per heavy atom. The molecule has 0 fully saturated rings. The van der Waals surface area contributed by atoms with Gasteiger partial charge in [0.2, 0.25) is 10.0 Å². The van der Waals surface area contributed by atoms with Crippen LogP contribution in [-0.4, -0.2) is 32.8 Å². The van der Waals surface area contributed by atoms with Crippen LogP contribution in [0.5, 0.6) is 0 Å². The molecule has 1 heterocycles. The van der Waals surface area contributed by atoms with Gasteiger partial charge in [-0.25, -0.2) is 13.1 Å². The highest BCUT2D eigenvalue weighted by molar-refractivity contribution is 7.89. The molecule has 24 heavy (non-hydrogen) atoms. The van der Waals surface area contributed by atoms with E-state index in [2.05, 4.69) is 14.9 Å². The molecule has 0 unspecified atom stereocenters. The molecule has 0 saturated heterocycles. The maximum atomic E-state index is 12.1. The molecule has 1 aromatic carbocycles. The van der Waals surface area contributed by atoms with Crippen molar-refractivity contribution in [2.24, 2.45) is 5.16 Å². The third-order valence-electron chi connectivity index (χ3n) is 3.05. The number of hydrogen-bond donors (Lipinski definition) is 1. The Kier molecular flexibility index (Phi) is 6.56. The van der Waals surface area contributed by atoms with Gasteiger partial charge < -0.3 is 4.84 Å². The second-order valence-corrected chi connectivity index (χ2v) is 7.27. The maximum Gasteiger partial charge on any atom is 0.242 e. The highest BCUT2D eigenvalue weighted by Gasteiger charge is 2.14. The van der Waals surface area contributed by atoms with E-state index in [9.17, 15) is 8.42 Å². The molecule has 0 bridgehead atoms. The molecule has 0 amide bonds. The van der Waals surface area contributed by atoms with Gasteiger partial charge in [-0.2, -0.15) is 0 Å². The van der Waals surface area contributed by atoms with Crippen LogP contribution in [0.3, 0.4) is 0 Å². The number of pyridine rings is 1. The van der Waals surface area contributed by atoms with Crippen molar-refractivity contribution < 1.29 is 13.3 Å². The molecule has 2 aromatic rings. The van der Waals surface area contributed by atoms with E-state index < -0.39 is 10.0 Å². The van der Waals surface area contributed by atoms with Gasteiger partial charge in [0.1, 0.15) is 12.0 Å². The third-order valence-corrected chi connectivity index (χ3v) is 5.24.